The molecule has 86 valence electrons. The van der Waals surface area contributed by atoms with Crippen molar-refractivity contribution < 1.29 is 8.83 Å². The topological polar surface area (TPSA) is 65.2 Å². The molecular weight excluding hydrogens is 284 g/mol. The number of halogens is 1. The predicted molar refractivity (Wildman–Crippen MR) is 68.6 cm³/mol. The monoisotopic (exact) mass is 292 g/mol. The molecule has 0 aliphatic rings. The Morgan fingerprint density at radius 1 is 1.35 bits per heavy atom. The highest BCUT2D eigenvalue weighted by Crippen LogP contribution is 2.32. The van der Waals surface area contributed by atoms with Gasteiger partial charge in [0.25, 0.3) is 5.89 Å². The maximum Gasteiger partial charge on any atom is 0.264 e. The van der Waals surface area contributed by atoms with Crippen LogP contribution >= 0.6 is 15.9 Å². The Bertz CT molecular complexity index is 700. The average Bonchev–Trinajstić information content (AvgIpc) is 2.83. The quantitative estimate of drug-likeness (QED) is 0.694. The lowest BCUT2D eigenvalue weighted by atomic mass is 10.3. The van der Waals surface area contributed by atoms with Crippen LogP contribution in [0.15, 0.2) is 37.8 Å². The zero-order chi connectivity index (χ0) is 12.0. The summed E-state index contributed by atoms with van der Waals surface area (Å²) in [4.78, 5) is 4.37. The zero-order valence-corrected chi connectivity index (χ0v) is 10.6. The molecule has 0 aliphatic heterocycles. The van der Waals surface area contributed by atoms with Crippen molar-refractivity contribution in [1.82, 2.24) is 4.98 Å². The van der Waals surface area contributed by atoms with Gasteiger partial charge in [-0.15, -0.1) is 0 Å². The SMILES string of the molecule is Cc1ccoc1-c1nc2cc(Br)cc(N)c2o1. The van der Waals surface area contributed by atoms with Crippen LogP contribution in [0.3, 0.4) is 0 Å². The number of furan rings is 1. The summed E-state index contributed by atoms with van der Waals surface area (Å²) in [5, 5.41) is 0. The summed E-state index contributed by atoms with van der Waals surface area (Å²) in [7, 11) is 0. The van der Waals surface area contributed by atoms with Gasteiger partial charge in [-0.3, -0.25) is 0 Å². The van der Waals surface area contributed by atoms with E-state index < -0.39 is 0 Å². The van der Waals surface area contributed by atoms with E-state index in [0.29, 0.717) is 28.4 Å². The van der Waals surface area contributed by atoms with Crippen LogP contribution in [0, 0.1) is 6.92 Å². The van der Waals surface area contributed by atoms with Gasteiger partial charge >= 0.3 is 0 Å². The fourth-order valence-corrected chi connectivity index (χ4v) is 2.18. The molecule has 2 N–H and O–H groups in total. The van der Waals surface area contributed by atoms with Crippen LogP contribution in [-0.2, 0) is 0 Å². The van der Waals surface area contributed by atoms with Gasteiger partial charge in [0.15, 0.2) is 11.3 Å². The lowest BCUT2D eigenvalue weighted by Crippen LogP contribution is -1.84. The van der Waals surface area contributed by atoms with Crippen LogP contribution in [0.4, 0.5) is 5.69 Å². The number of aryl methyl sites for hydroxylation is 1. The molecule has 0 spiro atoms. The number of oxazole rings is 1. The van der Waals surface area contributed by atoms with Crippen molar-refractivity contribution in [3.8, 4) is 11.7 Å². The van der Waals surface area contributed by atoms with Crippen molar-refractivity contribution in [1.29, 1.82) is 0 Å². The number of benzene rings is 1. The third kappa shape index (κ3) is 1.63. The molecule has 0 atom stereocenters. The van der Waals surface area contributed by atoms with Crippen LogP contribution in [0.2, 0.25) is 0 Å². The third-order valence-corrected chi connectivity index (χ3v) is 3.00. The molecular formula is C12H9BrN2O2. The van der Waals surface area contributed by atoms with Gasteiger partial charge in [0.2, 0.25) is 0 Å². The van der Waals surface area contributed by atoms with Crippen molar-refractivity contribution >= 4 is 32.7 Å². The number of hydrogen-bond donors (Lipinski definition) is 1. The number of nitrogens with zero attached hydrogens (tertiary/aromatic N) is 1. The Labute approximate surface area is 106 Å². The van der Waals surface area contributed by atoms with E-state index in [1.807, 2.05) is 19.1 Å². The van der Waals surface area contributed by atoms with Crippen LogP contribution in [0.5, 0.6) is 0 Å². The number of hydrogen-bond acceptors (Lipinski definition) is 4. The molecule has 5 heteroatoms. The summed E-state index contributed by atoms with van der Waals surface area (Å²) >= 11 is 3.37. The van der Waals surface area contributed by atoms with E-state index in [2.05, 4.69) is 20.9 Å². The Morgan fingerprint density at radius 3 is 2.88 bits per heavy atom. The molecule has 0 bridgehead atoms. The van der Waals surface area contributed by atoms with Gasteiger partial charge in [0.1, 0.15) is 5.52 Å². The van der Waals surface area contributed by atoms with Gasteiger partial charge in [-0.1, -0.05) is 15.9 Å². The third-order valence-electron chi connectivity index (χ3n) is 2.54. The first-order valence-electron chi connectivity index (χ1n) is 5.05. The highest BCUT2D eigenvalue weighted by Gasteiger charge is 2.15. The van der Waals surface area contributed by atoms with Crippen LogP contribution in [0.1, 0.15) is 5.56 Å². The average molecular weight is 293 g/mol. The molecule has 0 amide bonds. The molecule has 3 rings (SSSR count). The van der Waals surface area contributed by atoms with Crippen LogP contribution in [0.25, 0.3) is 22.8 Å². The number of nitrogen functional groups attached to an aromatic ring is 1. The second-order valence-electron chi connectivity index (χ2n) is 3.80. The summed E-state index contributed by atoms with van der Waals surface area (Å²) < 4.78 is 11.8. The minimum Gasteiger partial charge on any atom is -0.459 e. The second-order valence-corrected chi connectivity index (χ2v) is 4.71. The van der Waals surface area contributed by atoms with E-state index in [1.54, 1.807) is 12.3 Å². The Balaban J connectivity index is 2.27. The van der Waals surface area contributed by atoms with Gasteiger partial charge in [0.05, 0.1) is 12.0 Å². The predicted octanol–water partition coefficient (Wildman–Crippen LogP) is 3.74. The van der Waals surface area contributed by atoms with Crippen LogP contribution in [-0.4, -0.2) is 4.98 Å². The van der Waals surface area contributed by atoms with Crippen molar-refractivity contribution in [3.05, 3.63) is 34.5 Å². The lowest BCUT2D eigenvalue weighted by Gasteiger charge is -1.94. The summed E-state index contributed by atoms with van der Waals surface area (Å²) in [6.45, 7) is 1.94. The number of anilines is 1. The summed E-state index contributed by atoms with van der Waals surface area (Å²) in [6, 6.07) is 5.51. The smallest absolute Gasteiger partial charge is 0.264 e. The van der Waals surface area contributed by atoms with E-state index in [1.165, 1.54) is 0 Å². The minimum atomic E-state index is 0.451. The van der Waals surface area contributed by atoms with Gasteiger partial charge in [0, 0.05) is 10.0 Å². The number of aromatic nitrogens is 1. The van der Waals surface area contributed by atoms with Crippen molar-refractivity contribution in [2.24, 2.45) is 0 Å². The van der Waals surface area contributed by atoms with E-state index in [4.69, 9.17) is 14.6 Å². The lowest BCUT2D eigenvalue weighted by molar-refractivity contribution is 0.534. The molecule has 2 aromatic heterocycles. The van der Waals surface area contributed by atoms with Gasteiger partial charge in [-0.05, 0) is 25.1 Å². The first-order chi connectivity index (χ1) is 8.15. The molecule has 0 saturated carbocycles. The van der Waals surface area contributed by atoms with Gasteiger partial charge in [-0.2, -0.15) is 0 Å². The van der Waals surface area contributed by atoms with Crippen molar-refractivity contribution in [2.45, 2.75) is 6.92 Å². The standard InChI is InChI=1S/C12H9BrN2O2/c1-6-2-3-16-10(6)12-15-9-5-7(13)4-8(14)11(9)17-12/h2-5H,14H2,1H3. The van der Waals surface area contributed by atoms with Gasteiger partial charge < -0.3 is 14.6 Å². The Hall–Kier alpha value is -1.75. The normalized spacial score (nSPS) is 11.2. The van der Waals surface area contributed by atoms with Gasteiger partial charge in [-0.25, -0.2) is 4.98 Å². The molecule has 17 heavy (non-hydrogen) atoms. The second kappa shape index (κ2) is 3.63. The molecule has 0 radical (unpaired) electrons. The summed E-state index contributed by atoms with van der Waals surface area (Å²) in [5.41, 5.74) is 8.69. The highest BCUT2D eigenvalue weighted by molar-refractivity contribution is 9.10. The first-order valence-corrected chi connectivity index (χ1v) is 5.84. The zero-order valence-electron chi connectivity index (χ0n) is 9.03. The minimum absolute atomic E-state index is 0.451. The molecule has 1 aromatic carbocycles. The van der Waals surface area contributed by atoms with E-state index in [-0.39, 0.29) is 0 Å². The number of rotatable bonds is 1. The van der Waals surface area contributed by atoms with E-state index in [9.17, 15) is 0 Å². The number of nitrogens with two attached hydrogens (primary N) is 1. The van der Waals surface area contributed by atoms with Crippen molar-refractivity contribution in [3.63, 3.8) is 0 Å². The van der Waals surface area contributed by atoms with Crippen molar-refractivity contribution in [2.75, 3.05) is 5.73 Å². The molecule has 3 aromatic rings. The Morgan fingerprint density at radius 2 is 2.18 bits per heavy atom. The van der Waals surface area contributed by atoms with E-state index >= 15 is 0 Å². The number of fused-ring (bicyclic) bond motifs is 1. The first kappa shape index (κ1) is 10.4. The molecule has 4 nitrogen and oxygen atoms in total. The molecule has 0 fully saturated rings. The largest absolute Gasteiger partial charge is 0.459 e. The maximum atomic E-state index is 5.87. The molecule has 0 unspecified atom stereocenters. The Kier molecular flexibility index (Phi) is 2.22. The molecule has 0 aliphatic carbocycles. The maximum absolute atomic E-state index is 5.87. The fourth-order valence-electron chi connectivity index (χ4n) is 1.71. The van der Waals surface area contributed by atoms with E-state index in [0.717, 1.165) is 10.0 Å². The summed E-state index contributed by atoms with van der Waals surface area (Å²) in [6.07, 6.45) is 1.61. The summed E-state index contributed by atoms with van der Waals surface area (Å²) in [5.74, 6) is 1.09. The highest BCUT2D eigenvalue weighted by atomic mass is 79.9. The fraction of sp³-hybridized carbons (Fsp3) is 0.0833. The molecule has 2 heterocycles. The molecule has 0 saturated heterocycles. The van der Waals surface area contributed by atoms with Crippen LogP contribution < -0.4 is 5.73 Å².